The van der Waals surface area contributed by atoms with Crippen molar-refractivity contribution in [2.75, 3.05) is 37.8 Å². The van der Waals surface area contributed by atoms with Gasteiger partial charge >= 0.3 is 0 Å². The highest BCUT2D eigenvalue weighted by molar-refractivity contribution is 5.91. The Labute approximate surface area is 177 Å². The summed E-state index contributed by atoms with van der Waals surface area (Å²) in [5, 5.41) is 7.89. The van der Waals surface area contributed by atoms with Crippen molar-refractivity contribution in [2.24, 2.45) is 0 Å². The molecule has 4 rings (SSSR count). The Balaban J connectivity index is 1.64. The SMILES string of the molecule is CN(C)CCCNc1cc(-c2ccccc2)nc(Nc2cccc3cccnc23)n1. The van der Waals surface area contributed by atoms with Gasteiger partial charge in [0.2, 0.25) is 5.95 Å². The number of fused-ring (bicyclic) bond motifs is 1. The van der Waals surface area contributed by atoms with Crippen molar-refractivity contribution in [3.05, 3.63) is 72.9 Å². The molecule has 0 unspecified atom stereocenters. The van der Waals surface area contributed by atoms with Crippen LogP contribution in [0.1, 0.15) is 6.42 Å². The average Bonchev–Trinajstić information content (AvgIpc) is 2.77. The minimum Gasteiger partial charge on any atom is -0.370 e. The van der Waals surface area contributed by atoms with Crippen LogP contribution >= 0.6 is 0 Å². The molecule has 4 aromatic rings. The topological polar surface area (TPSA) is 66.0 Å². The highest BCUT2D eigenvalue weighted by Crippen LogP contribution is 2.26. The Morgan fingerprint density at radius 1 is 0.900 bits per heavy atom. The van der Waals surface area contributed by atoms with Crippen molar-refractivity contribution in [2.45, 2.75) is 6.42 Å². The predicted molar refractivity (Wildman–Crippen MR) is 124 cm³/mol. The number of para-hydroxylation sites is 1. The fourth-order valence-corrected chi connectivity index (χ4v) is 3.29. The zero-order chi connectivity index (χ0) is 20.8. The summed E-state index contributed by atoms with van der Waals surface area (Å²) in [6, 6.07) is 22.2. The van der Waals surface area contributed by atoms with Crippen molar-refractivity contribution in [1.29, 1.82) is 0 Å². The highest BCUT2D eigenvalue weighted by Gasteiger charge is 2.09. The Hall–Kier alpha value is -3.51. The number of nitrogens with one attached hydrogen (secondary N) is 2. The molecule has 0 fully saturated rings. The van der Waals surface area contributed by atoms with E-state index in [0.29, 0.717) is 5.95 Å². The summed E-state index contributed by atoms with van der Waals surface area (Å²) in [6.07, 6.45) is 2.83. The van der Waals surface area contributed by atoms with Gasteiger partial charge in [0.05, 0.1) is 16.9 Å². The lowest BCUT2D eigenvalue weighted by atomic mass is 10.1. The molecule has 2 aromatic heterocycles. The van der Waals surface area contributed by atoms with E-state index in [0.717, 1.165) is 53.2 Å². The van der Waals surface area contributed by atoms with Crippen molar-refractivity contribution in [3.8, 4) is 11.3 Å². The second-order valence-electron chi connectivity index (χ2n) is 7.42. The molecular weight excluding hydrogens is 372 g/mol. The van der Waals surface area contributed by atoms with Crippen LogP contribution in [-0.4, -0.2) is 47.0 Å². The number of anilines is 3. The van der Waals surface area contributed by atoms with Gasteiger partial charge < -0.3 is 15.5 Å². The van der Waals surface area contributed by atoms with Gasteiger partial charge in [-0.2, -0.15) is 4.98 Å². The summed E-state index contributed by atoms with van der Waals surface area (Å²) in [5.41, 5.74) is 3.71. The largest absolute Gasteiger partial charge is 0.370 e. The molecule has 2 heterocycles. The molecule has 0 bridgehead atoms. The van der Waals surface area contributed by atoms with Crippen LogP contribution in [0, 0.1) is 0 Å². The van der Waals surface area contributed by atoms with E-state index in [9.17, 15) is 0 Å². The quantitative estimate of drug-likeness (QED) is 0.416. The Bertz CT molecular complexity index is 1110. The van der Waals surface area contributed by atoms with Crippen molar-refractivity contribution in [1.82, 2.24) is 19.9 Å². The second kappa shape index (κ2) is 9.33. The van der Waals surface area contributed by atoms with E-state index in [1.807, 2.05) is 54.6 Å². The van der Waals surface area contributed by atoms with Crippen LogP contribution in [0.4, 0.5) is 17.5 Å². The van der Waals surface area contributed by atoms with Gasteiger partial charge in [0.25, 0.3) is 0 Å². The maximum absolute atomic E-state index is 4.76. The van der Waals surface area contributed by atoms with E-state index >= 15 is 0 Å². The number of aromatic nitrogens is 3. The van der Waals surface area contributed by atoms with E-state index < -0.39 is 0 Å². The Kier molecular flexibility index (Phi) is 6.15. The summed E-state index contributed by atoms with van der Waals surface area (Å²) in [6.45, 7) is 1.87. The van der Waals surface area contributed by atoms with Crippen molar-refractivity contribution >= 4 is 28.4 Å². The summed E-state index contributed by atoms with van der Waals surface area (Å²) >= 11 is 0. The van der Waals surface area contributed by atoms with Crippen LogP contribution in [0.15, 0.2) is 72.9 Å². The van der Waals surface area contributed by atoms with Crippen LogP contribution in [0.25, 0.3) is 22.2 Å². The van der Waals surface area contributed by atoms with Gasteiger partial charge in [-0.25, -0.2) is 4.98 Å². The minimum atomic E-state index is 0.546. The molecule has 6 heteroatoms. The van der Waals surface area contributed by atoms with Gasteiger partial charge in [0.1, 0.15) is 5.82 Å². The number of nitrogens with zero attached hydrogens (tertiary/aromatic N) is 4. The summed E-state index contributed by atoms with van der Waals surface area (Å²) in [4.78, 5) is 16.2. The van der Waals surface area contributed by atoms with Gasteiger partial charge in [0, 0.05) is 29.8 Å². The molecule has 152 valence electrons. The average molecular weight is 399 g/mol. The molecule has 0 aliphatic rings. The second-order valence-corrected chi connectivity index (χ2v) is 7.42. The molecule has 30 heavy (non-hydrogen) atoms. The zero-order valence-corrected chi connectivity index (χ0v) is 17.3. The van der Waals surface area contributed by atoms with Crippen molar-refractivity contribution < 1.29 is 0 Å². The van der Waals surface area contributed by atoms with Gasteiger partial charge in [-0.15, -0.1) is 0 Å². The maximum atomic E-state index is 4.76. The number of pyridine rings is 1. The van der Waals surface area contributed by atoms with Crippen LogP contribution in [0.5, 0.6) is 0 Å². The molecule has 2 N–H and O–H groups in total. The van der Waals surface area contributed by atoms with Crippen LogP contribution in [-0.2, 0) is 0 Å². The highest BCUT2D eigenvalue weighted by atomic mass is 15.1. The minimum absolute atomic E-state index is 0.546. The van der Waals surface area contributed by atoms with Gasteiger partial charge in [-0.1, -0.05) is 48.5 Å². The monoisotopic (exact) mass is 398 g/mol. The zero-order valence-electron chi connectivity index (χ0n) is 17.3. The molecule has 2 aromatic carbocycles. The van der Waals surface area contributed by atoms with Gasteiger partial charge in [-0.05, 0) is 39.2 Å². The molecule has 0 radical (unpaired) electrons. The van der Waals surface area contributed by atoms with Crippen LogP contribution in [0.3, 0.4) is 0 Å². The van der Waals surface area contributed by atoms with Crippen molar-refractivity contribution in [3.63, 3.8) is 0 Å². The maximum Gasteiger partial charge on any atom is 0.229 e. The molecule has 0 saturated carbocycles. The molecule has 0 amide bonds. The lowest BCUT2D eigenvalue weighted by molar-refractivity contribution is 0.405. The molecule has 6 nitrogen and oxygen atoms in total. The summed E-state index contributed by atoms with van der Waals surface area (Å²) < 4.78 is 0. The van der Waals surface area contributed by atoms with Gasteiger partial charge in [-0.3, -0.25) is 4.98 Å². The number of hydrogen-bond acceptors (Lipinski definition) is 6. The molecular formula is C24H26N6. The van der Waals surface area contributed by atoms with E-state index in [2.05, 4.69) is 46.7 Å². The van der Waals surface area contributed by atoms with E-state index in [1.54, 1.807) is 6.20 Å². The molecule has 0 saturated heterocycles. The fourth-order valence-electron chi connectivity index (χ4n) is 3.29. The predicted octanol–water partition coefficient (Wildman–Crippen LogP) is 4.80. The smallest absolute Gasteiger partial charge is 0.229 e. The lowest BCUT2D eigenvalue weighted by Crippen LogP contribution is -2.16. The molecule has 0 spiro atoms. The van der Waals surface area contributed by atoms with E-state index in [1.165, 1.54) is 0 Å². The first-order valence-electron chi connectivity index (χ1n) is 10.1. The number of benzene rings is 2. The third-order valence-corrected chi connectivity index (χ3v) is 4.76. The molecule has 0 aliphatic heterocycles. The summed E-state index contributed by atoms with van der Waals surface area (Å²) in [7, 11) is 4.16. The number of rotatable bonds is 8. The van der Waals surface area contributed by atoms with Crippen LogP contribution in [0.2, 0.25) is 0 Å². The number of hydrogen-bond donors (Lipinski definition) is 2. The fraction of sp³-hybridized carbons (Fsp3) is 0.208. The Morgan fingerprint density at radius 2 is 1.73 bits per heavy atom. The van der Waals surface area contributed by atoms with Gasteiger partial charge in [0.15, 0.2) is 0 Å². The van der Waals surface area contributed by atoms with Crippen LogP contribution < -0.4 is 10.6 Å². The Morgan fingerprint density at radius 3 is 2.57 bits per heavy atom. The summed E-state index contributed by atoms with van der Waals surface area (Å²) in [5.74, 6) is 1.35. The standard InChI is InChI=1S/C24H26N6/c1-30(2)16-8-15-25-22-17-21(18-9-4-3-5-10-18)28-24(29-22)27-20-13-6-11-19-12-7-14-26-23(19)20/h3-7,9-14,17H,8,15-16H2,1-2H3,(H2,25,27,28,29). The lowest BCUT2D eigenvalue weighted by Gasteiger charge is -2.13. The first-order chi connectivity index (χ1) is 14.7. The third kappa shape index (κ3) is 4.90. The third-order valence-electron chi connectivity index (χ3n) is 4.76. The first kappa shape index (κ1) is 19.8. The normalized spacial score (nSPS) is 11.0. The van der Waals surface area contributed by atoms with E-state index in [-0.39, 0.29) is 0 Å². The van der Waals surface area contributed by atoms with E-state index in [4.69, 9.17) is 9.97 Å². The first-order valence-corrected chi connectivity index (χ1v) is 10.1. The molecule has 0 aliphatic carbocycles. The molecule has 0 atom stereocenters.